The maximum Gasteiger partial charge on any atom is 1.00 e. The van der Waals surface area contributed by atoms with Crippen LogP contribution in [-0.2, 0) is 4.79 Å². The van der Waals surface area contributed by atoms with Crippen molar-refractivity contribution in [2.75, 3.05) is 0 Å². The normalized spacial score (nSPS) is 11.9. The smallest absolute Gasteiger partial charge is 0.550 e. The molecule has 0 bridgehead atoms. The number of hydrogen-bond acceptors (Lipinski definition) is 3. The molecule has 0 saturated heterocycles. The Morgan fingerprint density at radius 1 is 1.13 bits per heavy atom. The molecule has 1 atom stereocenters. The number of carbonyl (C=O) groups is 1. The molecule has 0 radical (unpaired) electrons. The molecule has 0 aliphatic rings. The monoisotopic (exact) mass is 322 g/mol. The van der Waals surface area contributed by atoms with Crippen LogP contribution < -0.4 is 24.0 Å². The maximum absolute atomic E-state index is 10.4. The Balaban J connectivity index is 0.00000264. The summed E-state index contributed by atoms with van der Waals surface area (Å²) < 4.78 is 0. The van der Waals surface area contributed by atoms with Crippen molar-refractivity contribution in [1.82, 2.24) is 0 Å². The van der Waals surface area contributed by atoms with Crippen LogP contribution >= 0.6 is 11.6 Å². The first kappa shape index (κ1) is 19.5. The van der Waals surface area contributed by atoms with E-state index in [1.807, 2.05) is 48.6 Å². The maximum atomic E-state index is 10.4. The second-order valence-electron chi connectivity index (χ2n) is 4.95. The van der Waals surface area contributed by atoms with Crippen molar-refractivity contribution in [2.24, 2.45) is 0 Å². The number of carbonyl (C=O) groups excluding carboxylic acids is 1. The molecule has 0 saturated carbocycles. The summed E-state index contributed by atoms with van der Waals surface area (Å²) >= 11 is 6.08. The van der Waals surface area contributed by atoms with Gasteiger partial charge in [-0.25, -0.2) is 0 Å². The van der Waals surface area contributed by atoms with Gasteiger partial charge in [0.2, 0.25) is 0 Å². The molecule has 0 fully saturated rings. The molecule has 0 aromatic heterocycles. The van der Waals surface area contributed by atoms with Gasteiger partial charge < -0.3 is 15.0 Å². The second-order valence-corrected chi connectivity index (χ2v) is 5.36. The third-order valence-corrected chi connectivity index (χ3v) is 3.65. The first-order valence-corrected chi connectivity index (χ1v) is 7.34. The van der Waals surface area contributed by atoms with Gasteiger partial charge in [-0.05, 0) is 35.6 Å². The first-order valence-electron chi connectivity index (χ1n) is 6.97. The van der Waals surface area contributed by atoms with E-state index in [-0.39, 0.29) is 31.7 Å². The number of benzene rings is 2. The molecule has 0 amide bonds. The van der Waals surface area contributed by atoms with Gasteiger partial charge in [0.15, 0.2) is 0 Å². The van der Waals surface area contributed by atoms with Crippen LogP contribution in [0.25, 0.3) is 12.2 Å². The molecule has 23 heavy (non-hydrogen) atoms. The topological polar surface area (TPSA) is 60.4 Å². The molecule has 114 valence electrons. The molecule has 1 N–H and O–H groups in total. The minimum Gasteiger partial charge on any atom is -0.550 e. The Bertz CT molecular complexity index is 668. The number of rotatable bonds is 6. The molecular weight excluding hydrogens is 307 g/mol. The van der Waals surface area contributed by atoms with Gasteiger partial charge in [0.1, 0.15) is 0 Å². The summed E-state index contributed by atoms with van der Waals surface area (Å²) in [5.74, 6) is -1.15. The summed E-state index contributed by atoms with van der Waals surface area (Å²) in [6, 6.07) is 14.9. The van der Waals surface area contributed by atoms with Gasteiger partial charge in [0.05, 0.1) is 6.10 Å². The molecule has 0 spiro atoms. The van der Waals surface area contributed by atoms with Crippen LogP contribution in [0.4, 0.5) is 0 Å². The van der Waals surface area contributed by atoms with Crippen molar-refractivity contribution in [3.05, 3.63) is 70.2 Å². The van der Waals surface area contributed by atoms with E-state index < -0.39 is 12.1 Å². The summed E-state index contributed by atoms with van der Waals surface area (Å²) in [6.45, 7) is 0. The number of aliphatic hydroxyl groups excluding tert-OH is 1. The average Bonchev–Trinajstić information content (AvgIpc) is 2.52. The minimum absolute atomic E-state index is 0. The predicted octanol–water partition coefficient (Wildman–Crippen LogP) is 0.0779. The van der Waals surface area contributed by atoms with Gasteiger partial charge in [-0.3, -0.25) is 0 Å². The van der Waals surface area contributed by atoms with Crippen LogP contribution in [0.2, 0.25) is 5.02 Å². The number of carboxylic acid groups (broad SMARTS) is 1. The molecule has 5 heteroatoms. The van der Waals surface area contributed by atoms with Gasteiger partial charge in [0.25, 0.3) is 0 Å². The van der Waals surface area contributed by atoms with E-state index in [2.05, 4.69) is 0 Å². The number of hydrogen-bond donors (Lipinski definition) is 1. The summed E-state index contributed by atoms with van der Waals surface area (Å²) in [4.78, 5) is 10.4. The van der Waals surface area contributed by atoms with Gasteiger partial charge in [-0.2, -0.15) is 0 Å². The van der Waals surface area contributed by atoms with Crippen molar-refractivity contribution < 1.29 is 33.9 Å². The quantitative estimate of drug-likeness (QED) is 0.605. The van der Waals surface area contributed by atoms with E-state index in [1.54, 1.807) is 12.1 Å². The Kier molecular flexibility index (Phi) is 8.15. The SMILES string of the molecule is O=C([O-])CCC(O)c1ccc(/C=C/c2ccccc2Cl)cc1.[Li+]. The van der Waals surface area contributed by atoms with Crippen molar-refractivity contribution >= 4 is 29.7 Å². The zero-order valence-electron chi connectivity index (χ0n) is 12.9. The minimum atomic E-state index is -1.15. The molecule has 2 aromatic rings. The Hall–Kier alpha value is -1.50. The average molecular weight is 323 g/mol. The molecule has 0 heterocycles. The molecule has 2 aromatic carbocycles. The zero-order chi connectivity index (χ0) is 15.9. The van der Waals surface area contributed by atoms with Gasteiger partial charge in [-0.15, -0.1) is 0 Å². The van der Waals surface area contributed by atoms with Gasteiger partial charge >= 0.3 is 18.9 Å². The predicted molar refractivity (Wildman–Crippen MR) is 86.0 cm³/mol. The summed E-state index contributed by atoms with van der Waals surface area (Å²) in [7, 11) is 0. The van der Waals surface area contributed by atoms with Crippen LogP contribution in [0.5, 0.6) is 0 Å². The van der Waals surface area contributed by atoms with E-state index in [4.69, 9.17) is 11.6 Å². The summed E-state index contributed by atoms with van der Waals surface area (Å²) in [5, 5.41) is 21.0. The van der Waals surface area contributed by atoms with E-state index in [1.165, 1.54) is 0 Å². The van der Waals surface area contributed by atoms with Crippen LogP contribution in [-0.4, -0.2) is 11.1 Å². The molecular formula is C18H16ClLiO3. The Labute approximate surface area is 152 Å². The molecule has 2 rings (SSSR count). The molecule has 0 aliphatic carbocycles. The number of carboxylic acids is 1. The van der Waals surface area contributed by atoms with E-state index >= 15 is 0 Å². The van der Waals surface area contributed by atoms with Crippen LogP contribution in [0.15, 0.2) is 48.5 Å². The van der Waals surface area contributed by atoms with Gasteiger partial charge in [-0.1, -0.05) is 66.2 Å². The largest absolute Gasteiger partial charge is 1.00 e. The summed E-state index contributed by atoms with van der Waals surface area (Å²) in [6.07, 6.45) is 3.05. The van der Waals surface area contributed by atoms with Crippen LogP contribution in [0, 0.1) is 0 Å². The standard InChI is InChI=1S/C18H17ClO3.Li/c19-16-4-2-1-3-14(16)8-5-13-6-9-15(10-7-13)17(20)11-12-18(21)22;/h1-10,17,20H,11-12H2,(H,21,22);/q;+1/p-1/b8-5+;. The van der Waals surface area contributed by atoms with E-state index in [0.29, 0.717) is 10.6 Å². The third-order valence-electron chi connectivity index (χ3n) is 3.30. The van der Waals surface area contributed by atoms with E-state index in [9.17, 15) is 15.0 Å². The van der Waals surface area contributed by atoms with Crippen molar-refractivity contribution in [2.45, 2.75) is 18.9 Å². The first-order chi connectivity index (χ1) is 10.6. The van der Waals surface area contributed by atoms with E-state index in [0.717, 1.165) is 11.1 Å². The fourth-order valence-electron chi connectivity index (χ4n) is 2.05. The molecule has 3 nitrogen and oxygen atoms in total. The van der Waals surface area contributed by atoms with Crippen LogP contribution in [0.1, 0.15) is 35.6 Å². The summed E-state index contributed by atoms with van der Waals surface area (Å²) in [5.41, 5.74) is 2.59. The number of aliphatic hydroxyl groups is 1. The van der Waals surface area contributed by atoms with Crippen molar-refractivity contribution in [3.8, 4) is 0 Å². The molecule has 0 aliphatic heterocycles. The van der Waals surface area contributed by atoms with Crippen LogP contribution in [0.3, 0.4) is 0 Å². The second kappa shape index (κ2) is 9.59. The molecule has 1 unspecified atom stereocenters. The fourth-order valence-corrected chi connectivity index (χ4v) is 2.25. The third kappa shape index (κ3) is 6.25. The van der Waals surface area contributed by atoms with Crippen molar-refractivity contribution in [3.63, 3.8) is 0 Å². The van der Waals surface area contributed by atoms with Gasteiger partial charge in [0, 0.05) is 11.0 Å². The Morgan fingerprint density at radius 3 is 2.39 bits per heavy atom. The number of halogens is 1. The zero-order valence-corrected chi connectivity index (χ0v) is 13.7. The van der Waals surface area contributed by atoms with Crippen molar-refractivity contribution in [1.29, 1.82) is 0 Å². The fraction of sp³-hybridized carbons (Fsp3) is 0.167. The Morgan fingerprint density at radius 2 is 1.78 bits per heavy atom. The number of aliphatic carboxylic acids is 1.